The first-order valence-electron chi connectivity index (χ1n) is 11.4. The number of nitrogens with zero attached hydrogens (tertiary/aromatic N) is 2. The summed E-state index contributed by atoms with van der Waals surface area (Å²) in [4.78, 5) is 29.9. The molecule has 0 radical (unpaired) electrons. The van der Waals surface area contributed by atoms with Crippen LogP contribution in [0, 0.1) is 0 Å². The maximum Gasteiger partial charge on any atom is 0.490 e. The largest absolute Gasteiger partial charge is 0.497 e. The predicted octanol–water partition coefficient (Wildman–Crippen LogP) is 5.93. The zero-order chi connectivity index (χ0) is 29.5. The third-order valence-corrected chi connectivity index (χ3v) is 5.41. The number of hydrogen-bond acceptors (Lipinski definition) is 5. The number of rotatable bonds is 6. The van der Waals surface area contributed by atoms with Crippen molar-refractivity contribution in [1.82, 2.24) is 15.3 Å². The molecule has 0 aliphatic heterocycles. The van der Waals surface area contributed by atoms with Gasteiger partial charge in [0.25, 0.3) is 5.91 Å². The van der Waals surface area contributed by atoms with Gasteiger partial charge in [0, 0.05) is 23.7 Å². The van der Waals surface area contributed by atoms with E-state index in [1.54, 1.807) is 37.4 Å². The molecule has 4 aromatic rings. The second-order valence-corrected chi connectivity index (χ2v) is 8.16. The Kier molecular flexibility index (Phi) is 9.30. The molecule has 0 saturated heterocycles. The number of carboxylic acid groups (broad SMARTS) is 1. The second kappa shape index (κ2) is 12.5. The molecule has 2 heterocycles. The molecule has 7 nitrogen and oxygen atoms in total. The van der Waals surface area contributed by atoms with Crippen molar-refractivity contribution in [2.75, 3.05) is 13.7 Å². The fraction of sp³-hybridized carbons (Fsp3) is 0.185. The topological polar surface area (TPSA) is 101 Å². The number of methoxy groups -OCH3 is 1. The molecule has 2 aromatic heterocycles. The Morgan fingerprint density at radius 1 is 0.950 bits per heavy atom. The number of halogens is 6. The van der Waals surface area contributed by atoms with Gasteiger partial charge in [-0.15, -0.1) is 0 Å². The minimum atomic E-state index is -5.08. The summed E-state index contributed by atoms with van der Waals surface area (Å²) in [7, 11) is 1.60. The molecule has 0 spiro atoms. The van der Waals surface area contributed by atoms with Crippen molar-refractivity contribution in [2.45, 2.75) is 18.8 Å². The number of alkyl halides is 6. The third-order valence-electron chi connectivity index (χ3n) is 5.41. The van der Waals surface area contributed by atoms with Gasteiger partial charge in [-0.05, 0) is 48.4 Å². The Hall–Kier alpha value is -4.68. The molecule has 13 heteroatoms. The van der Waals surface area contributed by atoms with Crippen molar-refractivity contribution in [2.24, 2.45) is 0 Å². The van der Waals surface area contributed by atoms with Crippen molar-refractivity contribution in [3.05, 3.63) is 89.7 Å². The molecule has 2 aromatic carbocycles. The minimum Gasteiger partial charge on any atom is -0.497 e. The van der Waals surface area contributed by atoms with Gasteiger partial charge < -0.3 is 15.2 Å². The molecule has 0 bridgehead atoms. The van der Waals surface area contributed by atoms with Crippen LogP contribution in [0.15, 0.2) is 72.9 Å². The van der Waals surface area contributed by atoms with Gasteiger partial charge in [0.05, 0.1) is 23.9 Å². The zero-order valence-corrected chi connectivity index (χ0v) is 20.7. The smallest absolute Gasteiger partial charge is 0.490 e. The molecule has 0 aliphatic rings. The summed E-state index contributed by atoms with van der Waals surface area (Å²) in [6, 6.07) is 18.5. The lowest BCUT2D eigenvalue weighted by Gasteiger charge is -2.11. The number of carbonyl (C=O) groups is 2. The number of ether oxygens (including phenoxy) is 1. The lowest BCUT2D eigenvalue weighted by Crippen LogP contribution is -2.26. The fourth-order valence-corrected chi connectivity index (χ4v) is 3.43. The third kappa shape index (κ3) is 7.91. The fourth-order valence-electron chi connectivity index (χ4n) is 3.43. The number of carboxylic acids is 1. The van der Waals surface area contributed by atoms with Crippen LogP contribution < -0.4 is 10.1 Å². The monoisotopic (exact) mass is 565 g/mol. The summed E-state index contributed by atoms with van der Waals surface area (Å²) >= 11 is 0. The summed E-state index contributed by atoms with van der Waals surface area (Å²) in [6.07, 6.45) is -7.86. The first-order chi connectivity index (χ1) is 18.8. The van der Waals surface area contributed by atoms with Gasteiger partial charge in [0.1, 0.15) is 11.4 Å². The zero-order valence-electron chi connectivity index (χ0n) is 20.7. The van der Waals surface area contributed by atoms with Crippen molar-refractivity contribution in [3.63, 3.8) is 0 Å². The predicted molar refractivity (Wildman–Crippen MR) is 133 cm³/mol. The average Bonchev–Trinajstić information content (AvgIpc) is 2.92. The summed E-state index contributed by atoms with van der Waals surface area (Å²) in [5, 5.41) is 10.7. The number of aromatic nitrogens is 2. The minimum absolute atomic E-state index is 0.289. The van der Waals surface area contributed by atoms with E-state index in [4.69, 9.17) is 14.6 Å². The number of benzene rings is 2. The molecular weight excluding hydrogens is 544 g/mol. The first-order valence-corrected chi connectivity index (χ1v) is 11.4. The highest BCUT2D eigenvalue weighted by Crippen LogP contribution is 2.30. The van der Waals surface area contributed by atoms with Gasteiger partial charge in [0.2, 0.25) is 0 Å². The van der Waals surface area contributed by atoms with Crippen LogP contribution in [0.2, 0.25) is 0 Å². The molecule has 1 amide bonds. The lowest BCUT2D eigenvalue weighted by atomic mass is 10.0. The Bertz CT molecular complexity index is 1470. The van der Waals surface area contributed by atoms with Gasteiger partial charge in [-0.25, -0.2) is 9.78 Å². The van der Waals surface area contributed by atoms with E-state index < -0.39 is 24.0 Å². The van der Waals surface area contributed by atoms with Crippen molar-refractivity contribution < 1.29 is 45.8 Å². The Balaban J connectivity index is 0.000000559. The van der Waals surface area contributed by atoms with Crippen LogP contribution in [-0.4, -0.2) is 46.8 Å². The standard InChI is InChI=1S/C25H20F3N3O2.C2HF3O2/c1-33-18-9-6-16(7-10-18)12-13-29-24(32)20-14-22(31-21-5-3-2-4-19(20)21)17-8-11-23(30-15-17)25(26,27)28;3-2(4,5)1(6)7/h2-11,14-15H,12-13H2,1H3,(H,29,32);(H,6,7). The Labute approximate surface area is 223 Å². The maximum atomic E-state index is 13.0. The molecule has 40 heavy (non-hydrogen) atoms. The molecule has 0 fully saturated rings. The summed E-state index contributed by atoms with van der Waals surface area (Å²) in [5.74, 6) is -2.29. The molecule has 210 valence electrons. The number of aliphatic carboxylic acids is 1. The van der Waals surface area contributed by atoms with Gasteiger partial charge in [0.15, 0.2) is 0 Å². The van der Waals surface area contributed by atoms with E-state index >= 15 is 0 Å². The molecule has 0 atom stereocenters. The van der Waals surface area contributed by atoms with Crippen LogP contribution in [0.1, 0.15) is 21.6 Å². The molecule has 0 unspecified atom stereocenters. The molecule has 0 saturated carbocycles. The van der Waals surface area contributed by atoms with Crippen LogP contribution in [0.4, 0.5) is 26.3 Å². The van der Waals surface area contributed by atoms with E-state index in [1.807, 2.05) is 24.3 Å². The quantitative estimate of drug-likeness (QED) is 0.281. The lowest BCUT2D eigenvalue weighted by molar-refractivity contribution is -0.192. The van der Waals surface area contributed by atoms with Crippen molar-refractivity contribution >= 4 is 22.8 Å². The number of hydrogen-bond donors (Lipinski definition) is 2. The van der Waals surface area contributed by atoms with Crippen LogP contribution in [0.5, 0.6) is 5.75 Å². The van der Waals surface area contributed by atoms with Gasteiger partial charge in [-0.1, -0.05) is 30.3 Å². The number of pyridine rings is 2. The summed E-state index contributed by atoms with van der Waals surface area (Å²) in [6.45, 7) is 0.416. The SMILES string of the molecule is COc1ccc(CCNC(=O)c2cc(-c3ccc(C(F)(F)F)nc3)nc3ccccc23)cc1.O=C(O)C(F)(F)F. The van der Waals surface area contributed by atoms with E-state index in [0.717, 1.165) is 23.6 Å². The van der Waals surface area contributed by atoms with Crippen LogP contribution >= 0.6 is 0 Å². The molecule has 4 rings (SSSR count). The van der Waals surface area contributed by atoms with E-state index in [-0.39, 0.29) is 5.91 Å². The number of amides is 1. The highest BCUT2D eigenvalue weighted by Gasteiger charge is 2.38. The number of para-hydroxylation sites is 1. The van der Waals surface area contributed by atoms with Gasteiger partial charge in [-0.2, -0.15) is 26.3 Å². The van der Waals surface area contributed by atoms with E-state index in [1.165, 1.54) is 6.07 Å². The van der Waals surface area contributed by atoms with E-state index in [9.17, 15) is 31.1 Å². The second-order valence-electron chi connectivity index (χ2n) is 8.16. The summed E-state index contributed by atoms with van der Waals surface area (Å²) in [5.41, 5.74) is 1.78. The molecular formula is C27H21F6N3O4. The van der Waals surface area contributed by atoms with Crippen molar-refractivity contribution in [3.8, 4) is 17.0 Å². The number of nitrogens with one attached hydrogen (secondary N) is 1. The van der Waals surface area contributed by atoms with E-state index in [2.05, 4.69) is 15.3 Å². The van der Waals surface area contributed by atoms with E-state index in [0.29, 0.717) is 40.7 Å². The van der Waals surface area contributed by atoms with Gasteiger partial charge >= 0.3 is 18.3 Å². The van der Waals surface area contributed by atoms with Crippen LogP contribution in [0.25, 0.3) is 22.2 Å². The van der Waals surface area contributed by atoms with Gasteiger partial charge in [-0.3, -0.25) is 9.78 Å². The summed E-state index contributed by atoms with van der Waals surface area (Å²) < 4.78 is 75.4. The number of carbonyl (C=O) groups excluding carboxylic acids is 1. The maximum absolute atomic E-state index is 13.0. The molecule has 2 N–H and O–H groups in total. The number of fused-ring (bicyclic) bond motifs is 1. The van der Waals surface area contributed by atoms with Crippen LogP contribution in [0.3, 0.4) is 0 Å². The normalized spacial score (nSPS) is 11.4. The first kappa shape index (κ1) is 29.9. The van der Waals surface area contributed by atoms with Crippen molar-refractivity contribution in [1.29, 1.82) is 0 Å². The molecule has 0 aliphatic carbocycles. The highest BCUT2D eigenvalue weighted by molar-refractivity contribution is 6.07. The highest BCUT2D eigenvalue weighted by atomic mass is 19.4. The Morgan fingerprint density at radius 2 is 1.60 bits per heavy atom. The average molecular weight is 565 g/mol. The Morgan fingerprint density at radius 3 is 2.15 bits per heavy atom. The van der Waals surface area contributed by atoms with Crippen LogP contribution in [-0.2, 0) is 17.4 Å².